The molecule has 0 aromatic carbocycles. The summed E-state index contributed by atoms with van der Waals surface area (Å²) in [5.41, 5.74) is 0.289. The van der Waals surface area contributed by atoms with Gasteiger partial charge in [0, 0.05) is 18.0 Å². The lowest BCUT2D eigenvalue weighted by Crippen LogP contribution is -2.42. The van der Waals surface area contributed by atoms with Gasteiger partial charge in [-0.2, -0.15) is 11.8 Å². The van der Waals surface area contributed by atoms with Crippen LogP contribution < -0.4 is 5.32 Å². The van der Waals surface area contributed by atoms with E-state index >= 15 is 0 Å². The third kappa shape index (κ3) is 4.75. The van der Waals surface area contributed by atoms with Crippen LogP contribution in [0.4, 0.5) is 0 Å². The molecule has 4 nitrogen and oxygen atoms in total. The molecule has 0 aliphatic rings. The van der Waals surface area contributed by atoms with Gasteiger partial charge in [0.05, 0.1) is 5.60 Å². The third-order valence-corrected chi connectivity index (χ3v) is 3.12. The monoisotopic (exact) mass is 254 g/mol. The molecule has 0 aliphatic carbocycles. The second-order valence-corrected chi connectivity index (χ2v) is 5.14. The lowest BCUT2D eigenvalue weighted by atomic mass is 10.1. The van der Waals surface area contributed by atoms with E-state index in [9.17, 15) is 9.90 Å². The lowest BCUT2D eigenvalue weighted by molar-refractivity contribution is 0.0722. The number of hydrogen-bond donors (Lipinski definition) is 2. The molecule has 0 saturated heterocycles. The zero-order valence-electron chi connectivity index (χ0n) is 10.4. The Morgan fingerprint density at radius 3 is 2.88 bits per heavy atom. The third-order valence-electron chi connectivity index (χ3n) is 2.21. The topological polar surface area (TPSA) is 62.2 Å². The molecule has 17 heavy (non-hydrogen) atoms. The highest BCUT2D eigenvalue weighted by molar-refractivity contribution is 7.98. The van der Waals surface area contributed by atoms with Crippen LogP contribution in [-0.2, 0) is 0 Å². The van der Waals surface area contributed by atoms with Crippen molar-refractivity contribution in [2.75, 3.05) is 18.6 Å². The van der Waals surface area contributed by atoms with Gasteiger partial charge < -0.3 is 10.4 Å². The summed E-state index contributed by atoms with van der Waals surface area (Å²) in [5, 5.41) is 12.6. The average Bonchev–Trinajstić information content (AvgIpc) is 2.26. The second-order valence-electron chi connectivity index (χ2n) is 4.28. The Morgan fingerprint density at radius 1 is 1.59 bits per heavy atom. The highest BCUT2D eigenvalue weighted by Gasteiger charge is 2.21. The van der Waals surface area contributed by atoms with Gasteiger partial charge >= 0.3 is 0 Å². The van der Waals surface area contributed by atoms with Crippen molar-refractivity contribution in [3.63, 3.8) is 0 Å². The quantitative estimate of drug-likeness (QED) is 0.829. The summed E-state index contributed by atoms with van der Waals surface area (Å²) in [7, 11) is 0. The minimum atomic E-state index is -0.890. The van der Waals surface area contributed by atoms with Crippen LogP contribution in [0.5, 0.6) is 0 Å². The van der Waals surface area contributed by atoms with Crippen LogP contribution in [0.1, 0.15) is 23.1 Å². The van der Waals surface area contributed by atoms with E-state index in [2.05, 4.69) is 10.3 Å². The number of nitrogens with zero attached hydrogens (tertiary/aromatic N) is 1. The van der Waals surface area contributed by atoms with Gasteiger partial charge in [0.25, 0.3) is 5.91 Å². The highest BCUT2D eigenvalue weighted by atomic mass is 32.2. The van der Waals surface area contributed by atoms with Gasteiger partial charge in [0.2, 0.25) is 0 Å². The first-order chi connectivity index (χ1) is 7.94. The summed E-state index contributed by atoms with van der Waals surface area (Å²) < 4.78 is 0. The van der Waals surface area contributed by atoms with Gasteiger partial charge in [-0.3, -0.25) is 4.79 Å². The minimum absolute atomic E-state index is 0.224. The average molecular weight is 254 g/mol. The molecule has 0 bridgehead atoms. The summed E-state index contributed by atoms with van der Waals surface area (Å²) in [6.07, 6.45) is 1.92. The first-order valence-electron chi connectivity index (χ1n) is 5.38. The molecule has 1 amide bonds. The van der Waals surface area contributed by atoms with Gasteiger partial charge in [-0.25, -0.2) is 4.98 Å². The number of pyridine rings is 1. The Kier molecular flexibility index (Phi) is 4.96. The number of carbonyl (C=O) groups excluding carboxylic acids is 1. The maximum absolute atomic E-state index is 11.8. The number of carbonyl (C=O) groups is 1. The van der Waals surface area contributed by atoms with Crippen LogP contribution in [0.15, 0.2) is 18.2 Å². The van der Waals surface area contributed by atoms with Crippen molar-refractivity contribution < 1.29 is 9.90 Å². The first-order valence-corrected chi connectivity index (χ1v) is 6.77. The zero-order chi connectivity index (χ0) is 12.9. The largest absolute Gasteiger partial charge is 0.387 e. The van der Waals surface area contributed by atoms with Crippen LogP contribution >= 0.6 is 11.8 Å². The predicted molar refractivity (Wildman–Crippen MR) is 70.3 cm³/mol. The lowest BCUT2D eigenvalue weighted by Gasteiger charge is -2.22. The Labute approximate surface area is 106 Å². The standard InChI is InChI=1S/C12H18N2O2S/c1-9-5-4-6-10(14-9)11(15)13-7-12(2,16)8-17-3/h4-6,16H,7-8H2,1-3H3,(H,13,15). The second kappa shape index (κ2) is 6.02. The van der Waals surface area contributed by atoms with Crippen LogP contribution in [0, 0.1) is 6.92 Å². The number of nitrogens with one attached hydrogen (secondary N) is 1. The fourth-order valence-electron chi connectivity index (χ4n) is 1.39. The Hall–Kier alpha value is -1.07. The molecule has 1 aromatic heterocycles. The minimum Gasteiger partial charge on any atom is -0.387 e. The predicted octanol–water partition coefficient (Wildman–Crippen LogP) is 1.23. The molecular weight excluding hydrogens is 236 g/mol. The highest BCUT2D eigenvalue weighted by Crippen LogP contribution is 2.09. The smallest absolute Gasteiger partial charge is 0.269 e. The van der Waals surface area contributed by atoms with Crippen molar-refractivity contribution >= 4 is 17.7 Å². The Balaban J connectivity index is 2.56. The molecule has 1 unspecified atom stereocenters. The molecule has 1 aromatic rings. The molecule has 1 rings (SSSR count). The number of hydrogen-bond acceptors (Lipinski definition) is 4. The zero-order valence-corrected chi connectivity index (χ0v) is 11.2. The van der Waals surface area contributed by atoms with Crippen LogP contribution in [-0.4, -0.2) is 40.2 Å². The molecule has 0 saturated carbocycles. The molecule has 0 fully saturated rings. The number of amides is 1. The van der Waals surface area contributed by atoms with E-state index in [0.717, 1.165) is 5.69 Å². The van der Waals surface area contributed by atoms with Crippen molar-refractivity contribution in [2.45, 2.75) is 19.4 Å². The van der Waals surface area contributed by atoms with Crippen LogP contribution in [0.3, 0.4) is 0 Å². The molecular formula is C12H18N2O2S. The summed E-state index contributed by atoms with van der Waals surface area (Å²) >= 11 is 1.54. The van der Waals surface area contributed by atoms with Crippen molar-refractivity contribution in [3.8, 4) is 0 Å². The van der Waals surface area contributed by atoms with Gasteiger partial charge in [-0.15, -0.1) is 0 Å². The molecule has 0 spiro atoms. The molecule has 2 N–H and O–H groups in total. The van der Waals surface area contributed by atoms with Crippen molar-refractivity contribution in [3.05, 3.63) is 29.6 Å². The van der Waals surface area contributed by atoms with E-state index in [1.165, 1.54) is 0 Å². The maximum Gasteiger partial charge on any atom is 0.269 e. The summed E-state index contributed by atoms with van der Waals surface area (Å²) in [6, 6.07) is 5.28. The van der Waals surface area contributed by atoms with E-state index < -0.39 is 5.60 Å². The Bertz CT molecular complexity index is 394. The SMILES string of the molecule is CSCC(C)(O)CNC(=O)c1cccc(C)n1. The number of aryl methyl sites for hydroxylation is 1. The van der Waals surface area contributed by atoms with E-state index in [0.29, 0.717) is 11.4 Å². The maximum atomic E-state index is 11.8. The fraction of sp³-hybridized carbons (Fsp3) is 0.500. The van der Waals surface area contributed by atoms with Gasteiger partial charge in [-0.1, -0.05) is 6.07 Å². The molecule has 5 heteroatoms. The number of rotatable bonds is 5. The summed E-state index contributed by atoms with van der Waals surface area (Å²) in [5.74, 6) is 0.323. The molecule has 94 valence electrons. The number of thioether (sulfide) groups is 1. The normalized spacial score (nSPS) is 14.1. The molecule has 0 radical (unpaired) electrons. The molecule has 1 heterocycles. The van der Waals surface area contributed by atoms with Gasteiger partial charge in [0.15, 0.2) is 0 Å². The fourth-order valence-corrected chi connectivity index (χ4v) is 2.12. The van der Waals surface area contributed by atoms with Crippen molar-refractivity contribution in [1.82, 2.24) is 10.3 Å². The van der Waals surface area contributed by atoms with Gasteiger partial charge in [-0.05, 0) is 32.2 Å². The summed E-state index contributed by atoms with van der Waals surface area (Å²) in [6.45, 7) is 3.76. The van der Waals surface area contributed by atoms with Crippen molar-refractivity contribution in [2.24, 2.45) is 0 Å². The Morgan fingerprint density at radius 2 is 2.29 bits per heavy atom. The van der Waals surface area contributed by atoms with Crippen LogP contribution in [0.2, 0.25) is 0 Å². The first kappa shape index (κ1) is 14.0. The van der Waals surface area contributed by atoms with E-state index in [-0.39, 0.29) is 12.5 Å². The van der Waals surface area contributed by atoms with E-state index in [4.69, 9.17) is 0 Å². The number of aromatic nitrogens is 1. The number of aliphatic hydroxyl groups is 1. The van der Waals surface area contributed by atoms with Gasteiger partial charge in [0.1, 0.15) is 5.69 Å². The van der Waals surface area contributed by atoms with Crippen LogP contribution in [0.25, 0.3) is 0 Å². The summed E-state index contributed by atoms with van der Waals surface area (Å²) in [4.78, 5) is 15.9. The molecule has 1 atom stereocenters. The molecule has 0 aliphatic heterocycles. The van der Waals surface area contributed by atoms with Crippen molar-refractivity contribution in [1.29, 1.82) is 0 Å². The van der Waals surface area contributed by atoms with E-state index in [1.807, 2.05) is 19.2 Å². The van der Waals surface area contributed by atoms with E-state index in [1.54, 1.807) is 30.8 Å².